The molecule has 1 amide bonds. The molecule has 2 aromatic carbocycles. The Labute approximate surface area is 233 Å². The van der Waals surface area contributed by atoms with Crippen molar-refractivity contribution >= 4 is 51.4 Å². The standard InChI is InChI=1S/C28H26ClN5O4S/c1-15(35)25-12-30-26(39-25)21-10-24-22(11-23(21)32-19-7-8-33-20(9-19)14-38-28(33)37)27(36)34(16(2)31-24)13-17-3-5-18(29)6-4-17/h3-6,10-12,19-20,32H,7-9,13-14H2,1-2H3/t19-,20-/m0/s1. The molecule has 2 aliphatic heterocycles. The Morgan fingerprint density at radius 3 is 2.77 bits per heavy atom. The van der Waals surface area contributed by atoms with Crippen LogP contribution in [0.2, 0.25) is 5.02 Å². The number of cyclic esters (lactones) is 1. The third kappa shape index (κ3) is 4.90. The summed E-state index contributed by atoms with van der Waals surface area (Å²) in [6.07, 6.45) is 2.80. The first kappa shape index (κ1) is 25.5. The number of ether oxygens (including phenoxy) is 1. The first-order valence-corrected chi connectivity index (χ1v) is 13.9. The smallest absolute Gasteiger partial charge is 0.410 e. The number of amides is 1. The second-order valence-corrected chi connectivity index (χ2v) is 11.4. The number of fused-ring (bicyclic) bond motifs is 2. The van der Waals surface area contributed by atoms with E-state index in [0.29, 0.717) is 51.3 Å². The lowest BCUT2D eigenvalue weighted by molar-refractivity contribution is 0.102. The highest BCUT2D eigenvalue weighted by Gasteiger charge is 2.38. The Morgan fingerprint density at radius 2 is 2.03 bits per heavy atom. The lowest BCUT2D eigenvalue weighted by Gasteiger charge is -2.33. The van der Waals surface area contributed by atoms with Crippen molar-refractivity contribution in [3.63, 3.8) is 0 Å². The number of anilines is 1. The summed E-state index contributed by atoms with van der Waals surface area (Å²) in [5.41, 5.74) is 2.89. The average Bonchev–Trinajstić information content (AvgIpc) is 3.55. The summed E-state index contributed by atoms with van der Waals surface area (Å²) in [4.78, 5) is 49.3. The summed E-state index contributed by atoms with van der Waals surface area (Å²) in [5, 5.41) is 5.42. The maximum absolute atomic E-state index is 13.7. The summed E-state index contributed by atoms with van der Waals surface area (Å²) in [5.74, 6) is 0.544. The highest BCUT2D eigenvalue weighted by Crippen LogP contribution is 2.36. The van der Waals surface area contributed by atoms with Crippen LogP contribution in [0.3, 0.4) is 0 Å². The second-order valence-electron chi connectivity index (χ2n) is 9.97. The lowest BCUT2D eigenvalue weighted by atomic mass is 9.97. The van der Waals surface area contributed by atoms with Gasteiger partial charge in [0.25, 0.3) is 5.56 Å². The van der Waals surface area contributed by atoms with Crippen LogP contribution in [0.1, 0.15) is 40.8 Å². The minimum absolute atomic E-state index is 0.0257. The number of Topliss-reactive ketones (excluding diaryl/α,β-unsaturated/α-hetero) is 1. The topological polar surface area (TPSA) is 106 Å². The molecule has 2 aromatic heterocycles. The molecule has 6 rings (SSSR count). The van der Waals surface area contributed by atoms with Crippen molar-refractivity contribution in [2.75, 3.05) is 18.5 Å². The van der Waals surface area contributed by atoms with E-state index in [0.717, 1.165) is 29.7 Å². The number of piperidine rings is 1. The summed E-state index contributed by atoms with van der Waals surface area (Å²) < 4.78 is 6.89. The van der Waals surface area contributed by atoms with Crippen LogP contribution in [0.5, 0.6) is 0 Å². The monoisotopic (exact) mass is 563 g/mol. The number of halogens is 1. The molecule has 2 fully saturated rings. The number of nitrogens with one attached hydrogen (secondary N) is 1. The molecule has 4 heterocycles. The van der Waals surface area contributed by atoms with Gasteiger partial charge in [-0.05, 0) is 49.6 Å². The molecule has 11 heteroatoms. The molecule has 1 N–H and O–H groups in total. The number of thiazole rings is 1. The van der Waals surface area contributed by atoms with Gasteiger partial charge in [-0.3, -0.25) is 14.2 Å². The van der Waals surface area contributed by atoms with Crippen molar-refractivity contribution in [1.82, 2.24) is 19.4 Å². The molecule has 0 spiro atoms. The van der Waals surface area contributed by atoms with Crippen LogP contribution >= 0.6 is 22.9 Å². The molecular formula is C28H26ClN5O4S. The first-order chi connectivity index (χ1) is 18.8. The number of aryl methyl sites for hydroxylation is 1. The maximum Gasteiger partial charge on any atom is 0.410 e. The van der Waals surface area contributed by atoms with E-state index in [1.807, 2.05) is 31.2 Å². The van der Waals surface area contributed by atoms with Gasteiger partial charge in [0.1, 0.15) is 17.4 Å². The van der Waals surface area contributed by atoms with Crippen LogP contribution in [0.15, 0.2) is 47.4 Å². The molecule has 0 bridgehead atoms. The quantitative estimate of drug-likeness (QED) is 0.324. The lowest BCUT2D eigenvalue weighted by Crippen LogP contribution is -2.45. The number of aromatic nitrogens is 3. The van der Waals surface area contributed by atoms with Gasteiger partial charge in [-0.15, -0.1) is 11.3 Å². The van der Waals surface area contributed by atoms with Crippen molar-refractivity contribution < 1.29 is 14.3 Å². The average molecular weight is 564 g/mol. The molecule has 0 saturated carbocycles. The number of ketones is 1. The zero-order valence-corrected chi connectivity index (χ0v) is 23.0. The van der Waals surface area contributed by atoms with Gasteiger partial charge in [0.2, 0.25) is 0 Å². The van der Waals surface area contributed by atoms with Gasteiger partial charge in [0.15, 0.2) is 5.78 Å². The van der Waals surface area contributed by atoms with E-state index in [4.69, 9.17) is 21.3 Å². The molecule has 0 radical (unpaired) electrons. The number of benzene rings is 2. The third-order valence-corrected chi connectivity index (χ3v) is 8.71. The van der Waals surface area contributed by atoms with Crippen LogP contribution in [-0.2, 0) is 11.3 Å². The van der Waals surface area contributed by atoms with Crippen molar-refractivity contribution in [1.29, 1.82) is 0 Å². The number of nitrogens with zero attached hydrogens (tertiary/aromatic N) is 4. The maximum atomic E-state index is 13.7. The van der Waals surface area contributed by atoms with E-state index in [9.17, 15) is 14.4 Å². The normalized spacial score (nSPS) is 18.7. The molecule has 2 atom stereocenters. The zero-order valence-electron chi connectivity index (χ0n) is 21.4. The Hall–Kier alpha value is -3.76. The first-order valence-electron chi connectivity index (χ1n) is 12.7. The largest absolute Gasteiger partial charge is 0.447 e. The number of rotatable bonds is 6. The number of hydrogen-bond donors (Lipinski definition) is 1. The summed E-state index contributed by atoms with van der Waals surface area (Å²) in [6, 6.07) is 11.2. The second kappa shape index (κ2) is 10.1. The van der Waals surface area contributed by atoms with Gasteiger partial charge in [0, 0.05) is 42.0 Å². The molecule has 39 heavy (non-hydrogen) atoms. The molecule has 9 nitrogen and oxygen atoms in total. The van der Waals surface area contributed by atoms with Gasteiger partial charge in [-0.25, -0.2) is 14.8 Å². The van der Waals surface area contributed by atoms with Crippen molar-refractivity contribution in [3.8, 4) is 10.6 Å². The summed E-state index contributed by atoms with van der Waals surface area (Å²) in [7, 11) is 0. The zero-order chi connectivity index (χ0) is 27.3. The minimum Gasteiger partial charge on any atom is -0.447 e. The summed E-state index contributed by atoms with van der Waals surface area (Å²) in [6.45, 7) is 4.69. The fourth-order valence-corrected chi connectivity index (χ4v) is 6.21. The van der Waals surface area contributed by atoms with E-state index in [-0.39, 0.29) is 29.5 Å². The Morgan fingerprint density at radius 1 is 1.23 bits per heavy atom. The van der Waals surface area contributed by atoms with Crippen LogP contribution in [-0.4, -0.2) is 56.5 Å². The van der Waals surface area contributed by atoms with Gasteiger partial charge >= 0.3 is 6.09 Å². The highest BCUT2D eigenvalue weighted by molar-refractivity contribution is 7.17. The van der Waals surface area contributed by atoms with E-state index >= 15 is 0 Å². The van der Waals surface area contributed by atoms with Gasteiger partial charge < -0.3 is 15.0 Å². The molecule has 200 valence electrons. The molecular weight excluding hydrogens is 538 g/mol. The van der Waals surface area contributed by atoms with Crippen molar-refractivity contribution in [2.45, 2.75) is 45.3 Å². The number of hydrogen-bond acceptors (Lipinski definition) is 8. The van der Waals surface area contributed by atoms with Gasteiger partial charge in [-0.2, -0.15) is 0 Å². The van der Waals surface area contributed by atoms with Gasteiger partial charge in [0.05, 0.1) is 28.4 Å². The predicted octanol–water partition coefficient (Wildman–Crippen LogP) is 5.13. The highest BCUT2D eigenvalue weighted by atomic mass is 35.5. The minimum atomic E-state index is -0.257. The van der Waals surface area contributed by atoms with Crippen molar-refractivity contribution in [3.05, 3.63) is 74.2 Å². The predicted molar refractivity (Wildman–Crippen MR) is 151 cm³/mol. The van der Waals surface area contributed by atoms with Gasteiger partial charge in [-0.1, -0.05) is 23.7 Å². The fraction of sp³-hybridized carbons (Fsp3) is 0.321. The number of carbonyl (C=O) groups is 2. The fourth-order valence-electron chi connectivity index (χ4n) is 5.25. The van der Waals surface area contributed by atoms with E-state index < -0.39 is 0 Å². The van der Waals surface area contributed by atoms with Crippen LogP contribution < -0.4 is 10.9 Å². The van der Waals surface area contributed by atoms with E-state index in [1.165, 1.54) is 18.3 Å². The van der Waals surface area contributed by atoms with E-state index in [1.54, 1.807) is 27.8 Å². The van der Waals surface area contributed by atoms with Crippen molar-refractivity contribution in [2.24, 2.45) is 0 Å². The molecule has 0 unspecified atom stereocenters. The van der Waals surface area contributed by atoms with Crippen LogP contribution in [0, 0.1) is 6.92 Å². The third-order valence-electron chi connectivity index (χ3n) is 7.33. The Balaban J connectivity index is 1.42. The molecule has 2 saturated heterocycles. The summed E-state index contributed by atoms with van der Waals surface area (Å²) >= 11 is 7.35. The van der Waals surface area contributed by atoms with Crippen LogP contribution in [0.4, 0.5) is 10.5 Å². The molecule has 2 aliphatic rings. The Kier molecular flexibility index (Phi) is 6.60. The molecule has 4 aromatic rings. The SMILES string of the molecule is CC(=O)c1cnc(-c2cc3nc(C)n(Cc4ccc(Cl)cc4)c(=O)c3cc2N[C@H]2CCN3C(=O)OC[C@@H]3C2)s1. The van der Waals surface area contributed by atoms with E-state index in [2.05, 4.69) is 10.3 Å². The number of carbonyl (C=O) groups excluding carboxylic acids is 2. The van der Waals surface area contributed by atoms with Crippen LogP contribution in [0.25, 0.3) is 21.5 Å². The Bertz CT molecular complexity index is 1670. The molecule has 0 aliphatic carbocycles.